The summed E-state index contributed by atoms with van der Waals surface area (Å²) in [5, 5.41) is 3.19. The molecule has 1 heterocycles. The van der Waals surface area contributed by atoms with Crippen LogP contribution in [0.15, 0.2) is 54.6 Å². The molecule has 0 aromatic heterocycles. The summed E-state index contributed by atoms with van der Waals surface area (Å²) >= 11 is 0. The van der Waals surface area contributed by atoms with E-state index in [0.29, 0.717) is 13.1 Å². The van der Waals surface area contributed by atoms with E-state index >= 15 is 0 Å². The SMILES string of the molecule is Cl.Cl.FC(F)(F)C[C@@H](c1ccc(-c2ccccc2)cc1)N1CCNCC1. The summed E-state index contributed by atoms with van der Waals surface area (Å²) in [6, 6.07) is 16.7. The van der Waals surface area contributed by atoms with Gasteiger partial charge in [-0.1, -0.05) is 54.6 Å². The average Bonchev–Trinajstić information content (AvgIpc) is 2.61. The van der Waals surface area contributed by atoms with Crippen molar-refractivity contribution in [3.05, 3.63) is 60.2 Å². The number of alkyl halides is 3. The predicted molar refractivity (Wildman–Crippen MR) is 104 cm³/mol. The van der Waals surface area contributed by atoms with Crippen LogP contribution in [0.4, 0.5) is 13.2 Å². The highest BCUT2D eigenvalue weighted by molar-refractivity contribution is 5.85. The molecule has 0 unspecified atom stereocenters. The quantitative estimate of drug-likeness (QED) is 0.759. The molecule has 1 aliphatic heterocycles. The van der Waals surface area contributed by atoms with Crippen LogP contribution in [-0.2, 0) is 0 Å². The fraction of sp³-hybridized carbons (Fsp3) is 0.368. The zero-order valence-corrected chi connectivity index (χ0v) is 15.8. The molecule has 0 radical (unpaired) electrons. The topological polar surface area (TPSA) is 15.3 Å². The van der Waals surface area contributed by atoms with E-state index in [9.17, 15) is 13.2 Å². The maximum atomic E-state index is 13.0. The van der Waals surface area contributed by atoms with E-state index in [1.165, 1.54) is 0 Å². The highest BCUT2D eigenvalue weighted by atomic mass is 35.5. The number of nitrogens with one attached hydrogen (secondary N) is 1. The van der Waals surface area contributed by atoms with Crippen LogP contribution in [0.5, 0.6) is 0 Å². The Kier molecular flexibility index (Phi) is 8.90. The van der Waals surface area contributed by atoms with Gasteiger partial charge in [0.15, 0.2) is 0 Å². The maximum Gasteiger partial charge on any atom is 0.390 e. The fourth-order valence-electron chi connectivity index (χ4n) is 3.20. The second kappa shape index (κ2) is 10.2. The van der Waals surface area contributed by atoms with Gasteiger partial charge in [-0.2, -0.15) is 13.2 Å². The number of rotatable bonds is 4. The average molecular weight is 407 g/mol. The smallest absolute Gasteiger partial charge is 0.314 e. The van der Waals surface area contributed by atoms with Crippen LogP contribution in [-0.4, -0.2) is 37.3 Å². The number of benzene rings is 2. The Bertz CT molecular complexity index is 642. The Labute approximate surface area is 164 Å². The summed E-state index contributed by atoms with van der Waals surface area (Å²) in [6.45, 7) is 2.75. The number of hydrogen-bond donors (Lipinski definition) is 1. The van der Waals surface area contributed by atoms with Crippen molar-refractivity contribution < 1.29 is 13.2 Å². The molecule has 3 rings (SSSR count). The van der Waals surface area contributed by atoms with Crippen molar-refractivity contribution in [2.24, 2.45) is 0 Å². The Hall–Kier alpha value is -1.27. The predicted octanol–water partition coefficient (Wildman–Crippen LogP) is 5.10. The van der Waals surface area contributed by atoms with Crippen LogP contribution in [0.2, 0.25) is 0 Å². The normalized spacial score (nSPS) is 16.3. The van der Waals surface area contributed by atoms with E-state index in [0.717, 1.165) is 29.8 Å². The van der Waals surface area contributed by atoms with Gasteiger partial charge in [0.05, 0.1) is 6.42 Å². The van der Waals surface area contributed by atoms with E-state index in [1.54, 1.807) is 0 Å². The van der Waals surface area contributed by atoms with Crippen molar-refractivity contribution in [1.82, 2.24) is 10.2 Å². The minimum Gasteiger partial charge on any atom is -0.314 e. The minimum absolute atomic E-state index is 0. The van der Waals surface area contributed by atoms with E-state index in [1.807, 2.05) is 59.5 Å². The molecule has 1 atom stereocenters. The molecule has 2 nitrogen and oxygen atoms in total. The van der Waals surface area contributed by atoms with Gasteiger partial charge in [-0.25, -0.2) is 0 Å². The van der Waals surface area contributed by atoms with Crippen LogP contribution in [0.3, 0.4) is 0 Å². The largest absolute Gasteiger partial charge is 0.390 e. The van der Waals surface area contributed by atoms with E-state index in [-0.39, 0.29) is 24.8 Å². The summed E-state index contributed by atoms with van der Waals surface area (Å²) in [4.78, 5) is 1.93. The molecular weight excluding hydrogens is 384 g/mol. The lowest BCUT2D eigenvalue weighted by molar-refractivity contribution is -0.148. The number of hydrogen-bond acceptors (Lipinski definition) is 2. The van der Waals surface area contributed by atoms with Gasteiger partial charge in [0.1, 0.15) is 0 Å². The lowest BCUT2D eigenvalue weighted by Crippen LogP contribution is -2.46. The van der Waals surface area contributed by atoms with Gasteiger partial charge >= 0.3 is 6.18 Å². The van der Waals surface area contributed by atoms with Crippen molar-refractivity contribution >= 4 is 24.8 Å². The van der Waals surface area contributed by atoms with Crippen LogP contribution >= 0.6 is 24.8 Å². The molecule has 144 valence electrons. The summed E-state index contributed by atoms with van der Waals surface area (Å²) in [5.41, 5.74) is 2.82. The van der Waals surface area contributed by atoms with Gasteiger partial charge in [-0.3, -0.25) is 4.90 Å². The first-order valence-corrected chi connectivity index (χ1v) is 8.20. The van der Waals surface area contributed by atoms with Crippen LogP contribution in [0.1, 0.15) is 18.0 Å². The van der Waals surface area contributed by atoms with Gasteiger partial charge in [0.25, 0.3) is 0 Å². The van der Waals surface area contributed by atoms with Crippen LogP contribution in [0.25, 0.3) is 11.1 Å². The fourth-order valence-corrected chi connectivity index (χ4v) is 3.20. The van der Waals surface area contributed by atoms with Crippen LogP contribution < -0.4 is 5.32 Å². The van der Waals surface area contributed by atoms with Crippen molar-refractivity contribution in [3.63, 3.8) is 0 Å². The Morgan fingerprint density at radius 2 is 1.38 bits per heavy atom. The van der Waals surface area contributed by atoms with Gasteiger partial charge in [-0.05, 0) is 16.7 Å². The first kappa shape index (κ1) is 22.8. The summed E-state index contributed by atoms with van der Waals surface area (Å²) in [5.74, 6) is 0. The lowest BCUT2D eigenvalue weighted by Gasteiger charge is -2.35. The highest BCUT2D eigenvalue weighted by Crippen LogP contribution is 2.34. The second-order valence-corrected chi connectivity index (χ2v) is 6.11. The molecule has 2 aromatic carbocycles. The lowest BCUT2D eigenvalue weighted by atomic mass is 9.97. The van der Waals surface area contributed by atoms with Crippen molar-refractivity contribution in [1.29, 1.82) is 0 Å². The van der Waals surface area contributed by atoms with Crippen molar-refractivity contribution in [2.75, 3.05) is 26.2 Å². The maximum absolute atomic E-state index is 13.0. The third kappa shape index (κ3) is 6.16. The molecule has 0 aliphatic carbocycles. The third-order valence-corrected chi connectivity index (χ3v) is 4.42. The Morgan fingerprint density at radius 1 is 0.846 bits per heavy atom. The van der Waals surface area contributed by atoms with Gasteiger partial charge in [0.2, 0.25) is 0 Å². The third-order valence-electron chi connectivity index (χ3n) is 4.42. The summed E-state index contributed by atoms with van der Waals surface area (Å²) < 4.78 is 39.1. The van der Waals surface area contributed by atoms with Gasteiger partial charge < -0.3 is 5.32 Å². The number of piperazine rings is 1. The molecule has 0 amide bonds. The second-order valence-electron chi connectivity index (χ2n) is 6.11. The molecule has 1 fully saturated rings. The highest BCUT2D eigenvalue weighted by Gasteiger charge is 2.35. The molecule has 0 spiro atoms. The summed E-state index contributed by atoms with van der Waals surface area (Å²) in [7, 11) is 0. The Balaban J connectivity index is 0.00000169. The zero-order chi connectivity index (χ0) is 17.0. The van der Waals surface area contributed by atoms with Gasteiger partial charge in [-0.15, -0.1) is 24.8 Å². The molecule has 1 saturated heterocycles. The van der Waals surface area contributed by atoms with Crippen LogP contribution in [0, 0.1) is 0 Å². The number of nitrogens with zero attached hydrogens (tertiary/aromatic N) is 1. The minimum atomic E-state index is -4.17. The van der Waals surface area contributed by atoms with E-state index in [2.05, 4.69) is 5.32 Å². The van der Waals surface area contributed by atoms with Crippen molar-refractivity contribution in [3.8, 4) is 11.1 Å². The molecule has 0 bridgehead atoms. The molecule has 1 aliphatic rings. The van der Waals surface area contributed by atoms with Gasteiger partial charge in [0, 0.05) is 32.2 Å². The zero-order valence-electron chi connectivity index (χ0n) is 14.2. The van der Waals surface area contributed by atoms with Crippen molar-refractivity contribution in [2.45, 2.75) is 18.6 Å². The molecular formula is C19H23Cl2F3N2. The summed E-state index contributed by atoms with van der Waals surface area (Å²) in [6.07, 6.45) is -4.98. The molecule has 7 heteroatoms. The molecule has 0 saturated carbocycles. The molecule has 2 aromatic rings. The first-order chi connectivity index (χ1) is 11.5. The first-order valence-electron chi connectivity index (χ1n) is 8.20. The van der Waals surface area contributed by atoms with E-state index in [4.69, 9.17) is 0 Å². The Morgan fingerprint density at radius 3 is 1.92 bits per heavy atom. The van der Waals surface area contributed by atoms with E-state index < -0.39 is 18.6 Å². The standard InChI is InChI=1S/C19H21F3N2.2ClH/c20-19(21,22)14-18(24-12-10-23-11-13-24)17-8-6-16(7-9-17)15-4-2-1-3-5-15;;/h1-9,18,23H,10-14H2;2*1H/t18-;;/m0../s1. The molecule has 1 N–H and O–H groups in total. The monoisotopic (exact) mass is 406 g/mol. The number of halogens is 5. The molecule has 26 heavy (non-hydrogen) atoms.